The van der Waals surface area contributed by atoms with Crippen LogP contribution in [0.3, 0.4) is 0 Å². The Morgan fingerprint density at radius 3 is 2.53 bits per heavy atom. The van der Waals surface area contributed by atoms with Gasteiger partial charge in [0.25, 0.3) is 0 Å². The molecule has 0 saturated heterocycles. The van der Waals surface area contributed by atoms with E-state index in [1.165, 1.54) is 0 Å². The molecule has 2 rings (SSSR count). The number of alkyl halides is 3. The van der Waals surface area contributed by atoms with Crippen LogP contribution >= 0.6 is 0 Å². The number of fused-ring (bicyclic) bond motifs is 1. The van der Waals surface area contributed by atoms with E-state index in [2.05, 4.69) is 0 Å². The second-order valence-electron chi connectivity index (χ2n) is 3.71. The first-order valence-corrected chi connectivity index (χ1v) is 5.01. The van der Waals surface area contributed by atoms with Crippen molar-refractivity contribution in [2.75, 3.05) is 11.4 Å². The van der Waals surface area contributed by atoms with Crippen LogP contribution in [0.2, 0.25) is 0 Å². The molecule has 0 fully saturated rings. The van der Waals surface area contributed by atoms with E-state index in [1.54, 1.807) is 24.3 Å². The molecule has 0 atom stereocenters. The van der Waals surface area contributed by atoms with Crippen LogP contribution in [0, 0.1) is 0 Å². The maximum Gasteiger partial charge on any atom is 0.484 e. The van der Waals surface area contributed by atoms with Gasteiger partial charge in [0.05, 0.1) is 0 Å². The van der Waals surface area contributed by atoms with Crippen LogP contribution in [0.1, 0.15) is 18.4 Å². The number of rotatable bonds is 0. The lowest BCUT2D eigenvalue weighted by molar-refractivity contribution is -0.129. The number of aryl methyl sites for hydroxylation is 1. The monoisotopic (exact) mass is 215 g/mol. The molecular formula is C11H12F3N. The molecule has 0 saturated carbocycles. The maximum absolute atomic E-state index is 12.7. The van der Waals surface area contributed by atoms with Gasteiger partial charge in [0, 0.05) is 12.2 Å². The Morgan fingerprint density at radius 2 is 1.80 bits per heavy atom. The van der Waals surface area contributed by atoms with Crippen LogP contribution in [0.4, 0.5) is 18.9 Å². The molecule has 0 bridgehead atoms. The lowest BCUT2D eigenvalue weighted by atomic mass is 10.1. The van der Waals surface area contributed by atoms with Crippen LogP contribution in [0.25, 0.3) is 0 Å². The number of hydrogen-bond donors (Lipinski definition) is 0. The number of benzene rings is 1. The number of nitrogens with zero attached hydrogens (tertiary/aromatic N) is 1. The SMILES string of the molecule is FC(F)(F)N1CCCCc2ccccc21. The second-order valence-corrected chi connectivity index (χ2v) is 3.71. The van der Waals surface area contributed by atoms with Gasteiger partial charge in [0.15, 0.2) is 0 Å². The zero-order valence-electron chi connectivity index (χ0n) is 8.22. The van der Waals surface area contributed by atoms with Gasteiger partial charge in [-0.3, -0.25) is 4.90 Å². The summed E-state index contributed by atoms with van der Waals surface area (Å²) in [6.07, 6.45) is -2.11. The highest BCUT2D eigenvalue weighted by molar-refractivity contribution is 5.55. The molecule has 0 spiro atoms. The van der Waals surface area contributed by atoms with Crippen molar-refractivity contribution in [1.29, 1.82) is 0 Å². The number of halogens is 3. The third-order valence-electron chi connectivity index (χ3n) is 2.67. The molecule has 1 aliphatic heterocycles. The zero-order chi connectivity index (χ0) is 10.9. The van der Waals surface area contributed by atoms with Crippen LogP contribution in [-0.4, -0.2) is 12.8 Å². The number of hydrogen-bond acceptors (Lipinski definition) is 1. The predicted molar refractivity (Wildman–Crippen MR) is 52.8 cm³/mol. The van der Waals surface area contributed by atoms with Crippen molar-refractivity contribution in [2.45, 2.75) is 25.6 Å². The fourth-order valence-electron chi connectivity index (χ4n) is 1.95. The number of anilines is 1. The van der Waals surface area contributed by atoms with Crippen LogP contribution in [-0.2, 0) is 6.42 Å². The topological polar surface area (TPSA) is 3.24 Å². The molecule has 0 aliphatic carbocycles. The first-order valence-electron chi connectivity index (χ1n) is 5.01. The van der Waals surface area contributed by atoms with E-state index in [4.69, 9.17) is 0 Å². The Labute approximate surface area is 86.5 Å². The molecule has 1 aliphatic rings. The highest BCUT2D eigenvalue weighted by Gasteiger charge is 2.38. The van der Waals surface area contributed by atoms with Gasteiger partial charge in [-0.15, -0.1) is 0 Å². The minimum atomic E-state index is -4.26. The molecule has 0 amide bonds. The lowest BCUT2D eigenvalue weighted by Crippen LogP contribution is -2.38. The van der Waals surface area contributed by atoms with Gasteiger partial charge in [-0.1, -0.05) is 18.2 Å². The van der Waals surface area contributed by atoms with Crippen molar-refractivity contribution in [3.05, 3.63) is 29.8 Å². The van der Waals surface area contributed by atoms with Crippen molar-refractivity contribution in [1.82, 2.24) is 0 Å². The molecule has 0 aromatic heterocycles. The Balaban J connectivity index is 2.41. The summed E-state index contributed by atoms with van der Waals surface area (Å²) in [5, 5.41) is 0. The summed E-state index contributed by atoms with van der Waals surface area (Å²) in [5.41, 5.74) is 1.12. The van der Waals surface area contributed by atoms with Crippen molar-refractivity contribution in [2.24, 2.45) is 0 Å². The first-order chi connectivity index (χ1) is 7.09. The molecule has 0 N–H and O–H groups in total. The second kappa shape index (κ2) is 3.76. The van der Waals surface area contributed by atoms with Crippen molar-refractivity contribution in [3.8, 4) is 0 Å². The summed E-state index contributed by atoms with van der Waals surface area (Å²) in [7, 11) is 0. The summed E-state index contributed by atoms with van der Waals surface area (Å²) in [6.45, 7) is 0.0700. The lowest BCUT2D eigenvalue weighted by Gasteiger charge is -2.26. The third kappa shape index (κ3) is 2.08. The Hall–Kier alpha value is -1.19. The molecule has 0 radical (unpaired) electrons. The van der Waals surface area contributed by atoms with Gasteiger partial charge in [-0.2, -0.15) is 13.2 Å². The molecule has 15 heavy (non-hydrogen) atoms. The fourth-order valence-corrected chi connectivity index (χ4v) is 1.95. The highest BCUT2D eigenvalue weighted by Crippen LogP contribution is 2.34. The van der Waals surface area contributed by atoms with Crippen LogP contribution in [0.5, 0.6) is 0 Å². The summed E-state index contributed by atoms with van der Waals surface area (Å²) in [6, 6.07) is 6.77. The third-order valence-corrected chi connectivity index (χ3v) is 2.67. The molecule has 1 aromatic carbocycles. The summed E-state index contributed by atoms with van der Waals surface area (Å²) in [4.78, 5) is 0.551. The normalized spacial score (nSPS) is 17.1. The first kappa shape index (κ1) is 10.3. The smallest absolute Gasteiger partial charge is 0.284 e. The molecule has 1 nitrogen and oxygen atoms in total. The average Bonchev–Trinajstić information content (AvgIpc) is 2.38. The van der Waals surface area contributed by atoms with E-state index in [-0.39, 0.29) is 6.54 Å². The Morgan fingerprint density at radius 1 is 1.07 bits per heavy atom. The molecular weight excluding hydrogens is 203 g/mol. The molecule has 82 valence electrons. The van der Waals surface area contributed by atoms with Crippen LogP contribution in [0.15, 0.2) is 24.3 Å². The van der Waals surface area contributed by atoms with Crippen molar-refractivity contribution < 1.29 is 13.2 Å². The van der Waals surface area contributed by atoms with Crippen molar-refractivity contribution in [3.63, 3.8) is 0 Å². The largest absolute Gasteiger partial charge is 0.484 e. The highest BCUT2D eigenvalue weighted by atomic mass is 19.4. The van der Waals surface area contributed by atoms with E-state index in [1.807, 2.05) is 0 Å². The minimum absolute atomic E-state index is 0.0700. The fraction of sp³-hybridized carbons (Fsp3) is 0.455. The van der Waals surface area contributed by atoms with E-state index in [0.717, 1.165) is 18.4 Å². The summed E-state index contributed by atoms with van der Waals surface area (Å²) >= 11 is 0. The van der Waals surface area contributed by atoms with E-state index >= 15 is 0 Å². The summed E-state index contributed by atoms with van der Waals surface area (Å²) < 4.78 is 38.2. The van der Waals surface area contributed by atoms with Crippen LogP contribution < -0.4 is 4.90 Å². The minimum Gasteiger partial charge on any atom is -0.284 e. The molecule has 0 unspecified atom stereocenters. The summed E-state index contributed by atoms with van der Waals surface area (Å²) in [5.74, 6) is 0. The molecule has 1 heterocycles. The van der Waals surface area contributed by atoms with E-state index in [9.17, 15) is 13.2 Å². The Bertz CT molecular complexity index is 346. The average molecular weight is 215 g/mol. The number of para-hydroxylation sites is 1. The quantitative estimate of drug-likeness (QED) is 0.600. The van der Waals surface area contributed by atoms with E-state index < -0.39 is 6.30 Å². The maximum atomic E-state index is 12.7. The van der Waals surface area contributed by atoms with Gasteiger partial charge in [-0.05, 0) is 30.9 Å². The Kier molecular flexibility index (Phi) is 2.59. The van der Waals surface area contributed by atoms with Gasteiger partial charge in [0.1, 0.15) is 0 Å². The molecule has 4 heteroatoms. The van der Waals surface area contributed by atoms with E-state index in [0.29, 0.717) is 17.0 Å². The van der Waals surface area contributed by atoms with Gasteiger partial charge in [-0.25, -0.2) is 0 Å². The van der Waals surface area contributed by atoms with Gasteiger partial charge in [0.2, 0.25) is 0 Å². The zero-order valence-corrected chi connectivity index (χ0v) is 8.22. The van der Waals surface area contributed by atoms with Crippen molar-refractivity contribution >= 4 is 5.69 Å². The van der Waals surface area contributed by atoms with Gasteiger partial charge < -0.3 is 0 Å². The van der Waals surface area contributed by atoms with Gasteiger partial charge >= 0.3 is 6.30 Å². The standard InChI is InChI=1S/C11H12F3N/c12-11(13,14)15-8-4-3-6-9-5-1-2-7-10(9)15/h1-2,5,7H,3-4,6,8H2. The molecule has 1 aromatic rings. The predicted octanol–water partition coefficient (Wildman–Crippen LogP) is 3.35.